The number of carbonyl (C=O) groups is 3. The Morgan fingerprint density at radius 1 is 1.21 bits per heavy atom. The molecule has 0 bridgehead atoms. The van der Waals surface area contributed by atoms with Crippen LogP contribution < -0.4 is 10.6 Å². The molecule has 2 atom stereocenters. The summed E-state index contributed by atoms with van der Waals surface area (Å²) in [4.78, 5) is 44.0. The van der Waals surface area contributed by atoms with Gasteiger partial charge in [0.15, 0.2) is 0 Å². The van der Waals surface area contributed by atoms with Crippen LogP contribution in [0.2, 0.25) is 0 Å². The topological polar surface area (TPSA) is 94.2 Å². The fourth-order valence-electron chi connectivity index (χ4n) is 4.72. The summed E-state index contributed by atoms with van der Waals surface area (Å²) in [7, 11) is 1.68. The third-order valence-corrected chi connectivity index (χ3v) is 6.48. The third kappa shape index (κ3) is 5.35. The first-order valence-electron chi connectivity index (χ1n) is 12.0. The van der Waals surface area contributed by atoms with Gasteiger partial charge in [0.2, 0.25) is 0 Å². The Hall–Kier alpha value is -3.07. The Bertz CT molecular complexity index is 976. The van der Waals surface area contributed by atoms with Gasteiger partial charge >= 0.3 is 18.0 Å². The summed E-state index contributed by atoms with van der Waals surface area (Å²) in [5.41, 5.74) is 4.07. The van der Waals surface area contributed by atoms with Crippen LogP contribution in [0.5, 0.6) is 0 Å². The Labute approximate surface area is 202 Å². The Balaban J connectivity index is 1.96. The lowest BCUT2D eigenvalue weighted by Crippen LogP contribution is -2.57. The van der Waals surface area contributed by atoms with Crippen LogP contribution in [0.3, 0.4) is 0 Å². The number of hydrogen-bond acceptors (Lipinski definition) is 5. The molecule has 1 fully saturated rings. The molecular formula is C25H37N5O4. The number of hydrogen-bond donors (Lipinski definition) is 2. The van der Waals surface area contributed by atoms with E-state index in [0.717, 1.165) is 16.7 Å². The van der Waals surface area contributed by atoms with Gasteiger partial charge in [-0.3, -0.25) is 9.80 Å². The first kappa shape index (κ1) is 25.6. The van der Waals surface area contributed by atoms with E-state index >= 15 is 0 Å². The second kappa shape index (κ2) is 10.9. The molecule has 2 N–H and O–H groups in total. The first-order valence-corrected chi connectivity index (χ1v) is 12.0. The van der Waals surface area contributed by atoms with Crippen molar-refractivity contribution in [3.63, 3.8) is 0 Å². The van der Waals surface area contributed by atoms with Gasteiger partial charge in [0.1, 0.15) is 0 Å². The van der Waals surface area contributed by atoms with E-state index in [-0.39, 0.29) is 24.7 Å². The highest BCUT2D eigenvalue weighted by molar-refractivity contribution is 5.95. The molecular weight excluding hydrogens is 434 g/mol. The van der Waals surface area contributed by atoms with Gasteiger partial charge in [-0.2, -0.15) is 0 Å². The van der Waals surface area contributed by atoms with E-state index in [1.165, 1.54) is 4.90 Å². The number of nitrogens with zero attached hydrogens (tertiary/aromatic N) is 3. The van der Waals surface area contributed by atoms with E-state index in [1.54, 1.807) is 14.0 Å². The highest BCUT2D eigenvalue weighted by atomic mass is 16.5. The van der Waals surface area contributed by atoms with Crippen molar-refractivity contribution >= 4 is 18.0 Å². The number of benzene rings is 1. The van der Waals surface area contributed by atoms with Gasteiger partial charge in [-0.05, 0) is 45.7 Å². The number of esters is 1. The monoisotopic (exact) mass is 471 g/mol. The van der Waals surface area contributed by atoms with Crippen molar-refractivity contribution in [2.24, 2.45) is 0 Å². The van der Waals surface area contributed by atoms with E-state index in [0.29, 0.717) is 44.0 Å². The van der Waals surface area contributed by atoms with Crippen molar-refractivity contribution in [1.29, 1.82) is 0 Å². The van der Waals surface area contributed by atoms with Crippen LogP contribution >= 0.6 is 0 Å². The summed E-state index contributed by atoms with van der Waals surface area (Å²) in [5, 5.41) is 5.85. The Morgan fingerprint density at radius 2 is 1.94 bits per heavy atom. The quantitative estimate of drug-likeness (QED) is 0.622. The average Bonchev–Trinajstić information content (AvgIpc) is 2.77. The molecule has 0 aromatic heterocycles. The Morgan fingerprint density at radius 3 is 2.56 bits per heavy atom. The molecule has 2 aliphatic heterocycles. The normalized spacial score (nSPS) is 21.4. The van der Waals surface area contributed by atoms with Crippen LogP contribution in [-0.2, 0) is 9.53 Å². The lowest BCUT2D eigenvalue weighted by molar-refractivity contribution is -0.139. The maximum absolute atomic E-state index is 13.2. The first-order chi connectivity index (χ1) is 16.2. The minimum atomic E-state index is -0.590. The maximum atomic E-state index is 13.2. The number of piperazine rings is 1. The molecule has 0 unspecified atom stereocenters. The lowest BCUT2D eigenvalue weighted by atomic mass is 9.90. The largest absolute Gasteiger partial charge is 0.463 e. The molecule has 9 heteroatoms. The van der Waals surface area contributed by atoms with E-state index in [4.69, 9.17) is 4.74 Å². The maximum Gasteiger partial charge on any atom is 0.338 e. The van der Waals surface area contributed by atoms with E-state index in [2.05, 4.69) is 15.5 Å². The van der Waals surface area contributed by atoms with E-state index in [1.807, 2.05) is 50.8 Å². The molecule has 0 radical (unpaired) electrons. The zero-order valence-electron chi connectivity index (χ0n) is 21.1. The smallest absolute Gasteiger partial charge is 0.338 e. The fourth-order valence-corrected chi connectivity index (χ4v) is 4.72. The summed E-state index contributed by atoms with van der Waals surface area (Å²) < 4.78 is 5.44. The molecule has 2 heterocycles. The van der Waals surface area contributed by atoms with Crippen molar-refractivity contribution in [2.75, 3.05) is 46.4 Å². The van der Waals surface area contributed by atoms with Crippen LogP contribution in [0, 0.1) is 13.8 Å². The molecule has 1 aromatic rings. The number of aryl methyl sites for hydroxylation is 2. The number of likely N-dealkylation sites (N-methyl/N-ethyl adjacent to an activating group) is 1. The summed E-state index contributed by atoms with van der Waals surface area (Å²) >= 11 is 0. The zero-order valence-corrected chi connectivity index (χ0v) is 21.1. The summed E-state index contributed by atoms with van der Waals surface area (Å²) in [5.74, 6) is -0.427. The van der Waals surface area contributed by atoms with Crippen molar-refractivity contribution in [2.45, 2.75) is 46.7 Å². The molecule has 0 saturated carbocycles. The molecule has 1 saturated heterocycles. The van der Waals surface area contributed by atoms with Crippen LogP contribution in [0.4, 0.5) is 9.59 Å². The summed E-state index contributed by atoms with van der Waals surface area (Å²) in [6.07, 6.45) is 0. The molecule has 3 rings (SSSR count). The number of carbonyl (C=O) groups excluding carboxylic acids is 3. The zero-order chi connectivity index (χ0) is 25.0. The van der Waals surface area contributed by atoms with Gasteiger partial charge in [0.05, 0.1) is 18.2 Å². The van der Waals surface area contributed by atoms with E-state index in [9.17, 15) is 14.4 Å². The molecule has 9 nitrogen and oxygen atoms in total. The highest BCUT2D eigenvalue weighted by Gasteiger charge is 2.38. The third-order valence-electron chi connectivity index (χ3n) is 6.48. The number of rotatable bonds is 6. The van der Waals surface area contributed by atoms with E-state index < -0.39 is 12.0 Å². The molecule has 2 aliphatic rings. The fraction of sp³-hybridized carbons (Fsp3) is 0.560. The second-order valence-electron chi connectivity index (χ2n) is 9.00. The molecule has 34 heavy (non-hydrogen) atoms. The van der Waals surface area contributed by atoms with Crippen LogP contribution in [-0.4, -0.2) is 85.2 Å². The number of ether oxygens (including phenoxy) is 1. The molecule has 1 aromatic carbocycles. The molecule has 186 valence electrons. The van der Waals surface area contributed by atoms with Crippen molar-refractivity contribution in [3.05, 3.63) is 46.2 Å². The van der Waals surface area contributed by atoms with Gasteiger partial charge in [-0.25, -0.2) is 14.4 Å². The lowest BCUT2D eigenvalue weighted by Gasteiger charge is -2.42. The predicted octanol–water partition coefficient (Wildman–Crippen LogP) is 2.55. The summed E-state index contributed by atoms with van der Waals surface area (Å²) in [6, 6.07) is 5.08. The molecule has 0 aliphatic carbocycles. The standard InChI is InChI=1S/C25H37N5O4/c1-7-26-24(32)30-12-11-29(14-18(30)5)15-20-21(23(31)34-8-2)22(27-25(33)28(20)6)19-10-9-16(3)13-17(19)4/h9-10,13,18,22H,7-8,11-12,14-15H2,1-6H3,(H,26,32)(H,27,33)/t18-,22+/m0/s1. The van der Waals surface area contributed by atoms with Gasteiger partial charge in [0, 0.05) is 51.5 Å². The van der Waals surface area contributed by atoms with Crippen LogP contribution in [0.15, 0.2) is 29.5 Å². The minimum absolute atomic E-state index is 0.00445. The minimum Gasteiger partial charge on any atom is -0.463 e. The van der Waals surface area contributed by atoms with Crippen molar-refractivity contribution in [1.82, 2.24) is 25.3 Å². The van der Waals surface area contributed by atoms with Crippen molar-refractivity contribution in [3.8, 4) is 0 Å². The summed E-state index contributed by atoms with van der Waals surface area (Å²) in [6.45, 7) is 12.8. The number of urea groups is 2. The second-order valence-corrected chi connectivity index (χ2v) is 9.00. The molecule has 0 spiro atoms. The van der Waals surface area contributed by atoms with Gasteiger partial charge < -0.3 is 20.3 Å². The van der Waals surface area contributed by atoms with Crippen molar-refractivity contribution < 1.29 is 19.1 Å². The SMILES string of the molecule is CCNC(=O)N1CCN(CC2=C(C(=O)OCC)[C@@H](c3ccc(C)cc3C)NC(=O)N2C)C[C@@H]1C. The van der Waals surface area contributed by atoms with Gasteiger partial charge in [0.25, 0.3) is 0 Å². The number of amides is 4. The van der Waals surface area contributed by atoms with Gasteiger partial charge in [-0.1, -0.05) is 23.8 Å². The number of nitrogens with one attached hydrogen (secondary N) is 2. The predicted molar refractivity (Wildman–Crippen MR) is 130 cm³/mol. The highest BCUT2D eigenvalue weighted by Crippen LogP contribution is 2.33. The molecule has 4 amide bonds. The van der Waals surface area contributed by atoms with Crippen LogP contribution in [0.25, 0.3) is 0 Å². The average molecular weight is 472 g/mol. The Kier molecular flexibility index (Phi) is 8.19. The van der Waals surface area contributed by atoms with Crippen LogP contribution in [0.1, 0.15) is 43.5 Å². The van der Waals surface area contributed by atoms with Gasteiger partial charge in [-0.15, -0.1) is 0 Å².